The maximum Gasteiger partial charge on any atom is 0.335 e. The van der Waals surface area contributed by atoms with E-state index < -0.39 is 5.97 Å². The molecule has 0 fully saturated rings. The minimum Gasteiger partial charge on any atom is -0.496 e. The highest BCUT2D eigenvalue weighted by atomic mass is 16.5. The summed E-state index contributed by atoms with van der Waals surface area (Å²) >= 11 is 0. The topological polar surface area (TPSA) is 81.4 Å². The molecule has 130 valence electrons. The van der Waals surface area contributed by atoms with E-state index in [0.717, 1.165) is 16.9 Å². The largest absolute Gasteiger partial charge is 0.496 e. The summed E-state index contributed by atoms with van der Waals surface area (Å²) in [5.41, 5.74) is 2.20. The molecule has 0 bridgehead atoms. The number of nitrogens with zero attached hydrogens (tertiary/aromatic N) is 2. The van der Waals surface area contributed by atoms with Crippen molar-refractivity contribution in [1.82, 2.24) is 9.55 Å². The van der Waals surface area contributed by atoms with E-state index in [-0.39, 0.29) is 11.1 Å². The van der Waals surface area contributed by atoms with Crippen molar-refractivity contribution < 1.29 is 14.6 Å². The molecule has 0 aliphatic carbocycles. The molecule has 1 N–H and O–H groups in total. The molecule has 6 heteroatoms. The number of benzene rings is 2. The number of fused-ring (bicyclic) bond motifs is 2. The number of hydrogen-bond donors (Lipinski definition) is 1. The molecule has 0 atom stereocenters. The van der Waals surface area contributed by atoms with E-state index in [2.05, 4.69) is 4.98 Å². The Labute approximate surface area is 149 Å². The summed E-state index contributed by atoms with van der Waals surface area (Å²) in [4.78, 5) is 28.5. The van der Waals surface area contributed by atoms with Crippen LogP contribution < -0.4 is 10.3 Å². The third kappa shape index (κ3) is 2.56. The standard InChI is InChI=1S/C20H16N2O4/c1-26-17-5-3-2-4-12(17)10-13-8-9-22-18(13)21-16-11-14(20(24)25)6-7-15(16)19(22)23/h2-7,10-11H,8-9H2,1H3,(H,24,25). The molecule has 2 heterocycles. The van der Waals surface area contributed by atoms with Crippen molar-refractivity contribution in [2.45, 2.75) is 13.0 Å². The fraction of sp³-hybridized carbons (Fsp3) is 0.150. The molecule has 1 aliphatic rings. The van der Waals surface area contributed by atoms with Crippen LogP contribution in [0.3, 0.4) is 0 Å². The van der Waals surface area contributed by atoms with Crippen LogP contribution >= 0.6 is 0 Å². The van der Waals surface area contributed by atoms with Gasteiger partial charge < -0.3 is 9.84 Å². The zero-order valence-electron chi connectivity index (χ0n) is 14.1. The molecular weight excluding hydrogens is 332 g/mol. The minimum atomic E-state index is -1.04. The van der Waals surface area contributed by atoms with Gasteiger partial charge in [-0.05, 0) is 42.3 Å². The van der Waals surface area contributed by atoms with Gasteiger partial charge in [-0.15, -0.1) is 0 Å². The normalized spacial score (nSPS) is 14.6. The lowest BCUT2D eigenvalue weighted by Crippen LogP contribution is -2.21. The van der Waals surface area contributed by atoms with Crippen LogP contribution in [0.5, 0.6) is 5.75 Å². The van der Waals surface area contributed by atoms with E-state index in [0.29, 0.717) is 29.7 Å². The molecule has 1 aliphatic heterocycles. The molecule has 0 unspecified atom stereocenters. The van der Waals surface area contributed by atoms with Crippen molar-refractivity contribution in [1.29, 1.82) is 0 Å². The number of allylic oxidation sites excluding steroid dienone is 1. The van der Waals surface area contributed by atoms with E-state index in [4.69, 9.17) is 4.74 Å². The molecule has 26 heavy (non-hydrogen) atoms. The van der Waals surface area contributed by atoms with Gasteiger partial charge in [-0.1, -0.05) is 18.2 Å². The Bertz CT molecular complexity index is 1130. The summed E-state index contributed by atoms with van der Waals surface area (Å²) < 4.78 is 7.02. The molecule has 2 aromatic carbocycles. The van der Waals surface area contributed by atoms with E-state index >= 15 is 0 Å². The second kappa shape index (κ2) is 6.15. The van der Waals surface area contributed by atoms with Crippen molar-refractivity contribution in [2.24, 2.45) is 0 Å². The van der Waals surface area contributed by atoms with Gasteiger partial charge in [-0.2, -0.15) is 0 Å². The van der Waals surface area contributed by atoms with Crippen LogP contribution in [0.25, 0.3) is 22.6 Å². The molecule has 0 saturated heterocycles. The van der Waals surface area contributed by atoms with E-state index in [1.54, 1.807) is 11.7 Å². The van der Waals surface area contributed by atoms with Crippen molar-refractivity contribution in [3.8, 4) is 5.75 Å². The lowest BCUT2D eigenvalue weighted by Gasteiger charge is -2.07. The summed E-state index contributed by atoms with van der Waals surface area (Å²) in [5.74, 6) is 0.282. The van der Waals surface area contributed by atoms with Gasteiger partial charge in [0.1, 0.15) is 11.6 Å². The van der Waals surface area contributed by atoms with Crippen LogP contribution in [-0.2, 0) is 6.54 Å². The average Bonchev–Trinajstić information content (AvgIpc) is 3.05. The fourth-order valence-electron chi connectivity index (χ4n) is 3.26. The van der Waals surface area contributed by atoms with Crippen LogP contribution in [-0.4, -0.2) is 27.7 Å². The third-order valence-electron chi connectivity index (χ3n) is 4.56. The van der Waals surface area contributed by atoms with Crippen LogP contribution in [0.1, 0.15) is 28.2 Å². The Hall–Kier alpha value is -3.41. The first-order chi connectivity index (χ1) is 12.6. The van der Waals surface area contributed by atoms with Crippen molar-refractivity contribution >= 4 is 28.5 Å². The number of carboxylic acid groups (broad SMARTS) is 1. The van der Waals surface area contributed by atoms with Crippen molar-refractivity contribution in [3.05, 3.63) is 69.8 Å². The molecule has 1 aromatic heterocycles. The number of carbonyl (C=O) groups is 1. The van der Waals surface area contributed by atoms with Crippen molar-refractivity contribution in [3.63, 3.8) is 0 Å². The summed E-state index contributed by atoms with van der Waals surface area (Å²) in [5, 5.41) is 9.60. The number of aromatic nitrogens is 2. The highest BCUT2D eigenvalue weighted by molar-refractivity contribution is 5.93. The smallest absolute Gasteiger partial charge is 0.335 e. The first-order valence-electron chi connectivity index (χ1n) is 8.20. The van der Waals surface area contributed by atoms with Gasteiger partial charge in [0.25, 0.3) is 5.56 Å². The number of para-hydroxylation sites is 1. The van der Waals surface area contributed by atoms with E-state index in [9.17, 15) is 14.7 Å². The molecule has 0 spiro atoms. The molecule has 4 rings (SSSR count). The predicted octanol–water partition coefficient (Wildman–Crippen LogP) is 3.05. The Morgan fingerprint density at radius 3 is 2.85 bits per heavy atom. The van der Waals surface area contributed by atoms with Gasteiger partial charge in [0.05, 0.1) is 23.6 Å². The molecule has 0 saturated carbocycles. The fourth-order valence-corrected chi connectivity index (χ4v) is 3.26. The molecule has 0 amide bonds. The lowest BCUT2D eigenvalue weighted by molar-refractivity contribution is 0.0697. The zero-order valence-corrected chi connectivity index (χ0v) is 14.1. The second-order valence-corrected chi connectivity index (χ2v) is 6.09. The molecule has 6 nitrogen and oxygen atoms in total. The van der Waals surface area contributed by atoms with Crippen LogP contribution in [0.4, 0.5) is 0 Å². The van der Waals surface area contributed by atoms with Gasteiger partial charge in [0.2, 0.25) is 0 Å². The molecule has 3 aromatic rings. The first kappa shape index (κ1) is 16.1. The molecule has 0 radical (unpaired) electrons. The number of rotatable bonds is 3. The number of aromatic carboxylic acids is 1. The second-order valence-electron chi connectivity index (χ2n) is 6.09. The van der Waals surface area contributed by atoms with Crippen molar-refractivity contribution in [2.75, 3.05) is 7.11 Å². The van der Waals surface area contributed by atoms with Gasteiger partial charge >= 0.3 is 5.97 Å². The number of hydrogen-bond acceptors (Lipinski definition) is 4. The average molecular weight is 348 g/mol. The van der Waals surface area contributed by atoms with E-state index in [1.165, 1.54) is 18.2 Å². The highest BCUT2D eigenvalue weighted by Crippen LogP contribution is 2.30. The summed E-state index contributed by atoms with van der Waals surface area (Å²) in [6.45, 7) is 0.554. The van der Waals surface area contributed by atoms with Gasteiger partial charge in [0, 0.05) is 12.1 Å². The minimum absolute atomic E-state index is 0.114. The van der Waals surface area contributed by atoms with Gasteiger partial charge in [-0.25, -0.2) is 9.78 Å². The van der Waals surface area contributed by atoms with Crippen LogP contribution in [0, 0.1) is 0 Å². The summed E-state index contributed by atoms with van der Waals surface area (Å²) in [6, 6.07) is 12.0. The maximum absolute atomic E-state index is 12.7. The maximum atomic E-state index is 12.7. The third-order valence-corrected chi connectivity index (χ3v) is 4.56. The van der Waals surface area contributed by atoms with Gasteiger partial charge in [0.15, 0.2) is 0 Å². The number of carboxylic acids is 1. The first-order valence-corrected chi connectivity index (χ1v) is 8.20. The SMILES string of the molecule is COc1ccccc1C=C1CCn2c1nc1cc(C(=O)O)ccc1c2=O. The van der Waals surface area contributed by atoms with E-state index in [1.807, 2.05) is 30.3 Å². The number of methoxy groups -OCH3 is 1. The Balaban J connectivity index is 1.90. The number of ether oxygens (including phenoxy) is 1. The molecular formula is C20H16N2O4. The Kier molecular flexibility index (Phi) is 3.80. The highest BCUT2D eigenvalue weighted by Gasteiger charge is 2.21. The Morgan fingerprint density at radius 2 is 2.08 bits per heavy atom. The van der Waals surface area contributed by atoms with Crippen LogP contribution in [0.15, 0.2) is 47.3 Å². The lowest BCUT2D eigenvalue weighted by atomic mass is 10.1. The monoisotopic (exact) mass is 348 g/mol. The van der Waals surface area contributed by atoms with Gasteiger partial charge in [-0.3, -0.25) is 9.36 Å². The summed E-state index contributed by atoms with van der Waals surface area (Å²) in [7, 11) is 1.61. The Morgan fingerprint density at radius 1 is 1.27 bits per heavy atom. The summed E-state index contributed by atoms with van der Waals surface area (Å²) in [6.07, 6.45) is 2.65. The van der Waals surface area contributed by atoms with Crippen LogP contribution in [0.2, 0.25) is 0 Å². The predicted molar refractivity (Wildman–Crippen MR) is 98.4 cm³/mol. The zero-order chi connectivity index (χ0) is 18.3. The quantitative estimate of drug-likeness (QED) is 0.787.